The van der Waals surface area contributed by atoms with Gasteiger partial charge in [-0.1, -0.05) is 0 Å². The van der Waals surface area contributed by atoms with Gasteiger partial charge in [-0.05, 0) is 33.5 Å². The van der Waals surface area contributed by atoms with Crippen molar-refractivity contribution >= 4 is 17.5 Å². The van der Waals surface area contributed by atoms with E-state index in [-0.39, 0.29) is 5.91 Å². The molecule has 0 radical (unpaired) electrons. The van der Waals surface area contributed by atoms with Crippen LogP contribution in [0.5, 0.6) is 0 Å². The van der Waals surface area contributed by atoms with Gasteiger partial charge in [0.1, 0.15) is 0 Å². The van der Waals surface area contributed by atoms with Crippen molar-refractivity contribution in [2.75, 3.05) is 40.1 Å². The molecule has 4 heteroatoms. The van der Waals surface area contributed by atoms with Crippen LogP contribution in [-0.2, 0) is 4.79 Å². The van der Waals surface area contributed by atoms with Gasteiger partial charge >= 0.3 is 0 Å². The van der Waals surface area contributed by atoms with E-state index in [1.165, 1.54) is 0 Å². The Morgan fingerprint density at radius 3 is 2.29 bits per heavy atom. The highest BCUT2D eigenvalue weighted by Crippen LogP contribution is 1.98. The Morgan fingerprint density at radius 1 is 1.14 bits per heavy atom. The average Bonchev–Trinajstić information content (AvgIpc) is 2.13. The van der Waals surface area contributed by atoms with E-state index >= 15 is 0 Å². The second-order valence-corrected chi connectivity index (χ2v) is 4.14. The SMILES string of the molecule is CN(C)CCCN(C)C(=O)CCCCl. The van der Waals surface area contributed by atoms with E-state index in [0.717, 1.165) is 25.9 Å². The number of carbonyl (C=O) groups is 1. The summed E-state index contributed by atoms with van der Waals surface area (Å²) in [5, 5.41) is 0. The Kier molecular flexibility index (Phi) is 7.90. The Hall–Kier alpha value is -0.280. The molecule has 0 bridgehead atoms. The van der Waals surface area contributed by atoms with Crippen LogP contribution in [0.15, 0.2) is 0 Å². The van der Waals surface area contributed by atoms with Crippen LogP contribution in [0.3, 0.4) is 0 Å². The Labute approximate surface area is 92.0 Å². The molecule has 0 aliphatic carbocycles. The summed E-state index contributed by atoms with van der Waals surface area (Å²) in [6.45, 7) is 1.85. The van der Waals surface area contributed by atoms with E-state index in [2.05, 4.69) is 4.90 Å². The standard InChI is InChI=1S/C10H21ClN2O/c1-12(2)8-5-9-13(3)10(14)6-4-7-11/h4-9H2,1-3H3. The Bertz CT molecular complexity index is 162. The van der Waals surface area contributed by atoms with Crippen molar-refractivity contribution in [1.82, 2.24) is 9.80 Å². The van der Waals surface area contributed by atoms with Gasteiger partial charge in [0, 0.05) is 25.9 Å². The lowest BCUT2D eigenvalue weighted by atomic mass is 10.3. The molecule has 0 aromatic carbocycles. The molecule has 0 N–H and O–H groups in total. The van der Waals surface area contributed by atoms with Crippen molar-refractivity contribution in [2.45, 2.75) is 19.3 Å². The lowest BCUT2D eigenvalue weighted by Crippen LogP contribution is -2.29. The first-order valence-electron chi connectivity index (χ1n) is 5.02. The van der Waals surface area contributed by atoms with Crippen molar-refractivity contribution in [3.8, 4) is 0 Å². The van der Waals surface area contributed by atoms with Crippen LogP contribution in [0, 0.1) is 0 Å². The Balaban J connectivity index is 3.51. The molecule has 0 heterocycles. The molecule has 0 spiro atoms. The van der Waals surface area contributed by atoms with Crippen LogP contribution < -0.4 is 0 Å². The van der Waals surface area contributed by atoms with Gasteiger partial charge in [0.15, 0.2) is 0 Å². The van der Waals surface area contributed by atoms with E-state index < -0.39 is 0 Å². The third-order valence-corrected chi connectivity index (χ3v) is 2.32. The summed E-state index contributed by atoms with van der Waals surface area (Å²) < 4.78 is 0. The summed E-state index contributed by atoms with van der Waals surface area (Å²) in [7, 11) is 5.93. The molecule has 0 aromatic rings. The highest BCUT2D eigenvalue weighted by molar-refractivity contribution is 6.17. The molecular formula is C10H21ClN2O. The number of halogens is 1. The first kappa shape index (κ1) is 13.7. The molecule has 84 valence electrons. The first-order chi connectivity index (χ1) is 6.57. The maximum atomic E-state index is 11.4. The maximum Gasteiger partial charge on any atom is 0.222 e. The minimum absolute atomic E-state index is 0.199. The molecule has 3 nitrogen and oxygen atoms in total. The normalized spacial score (nSPS) is 10.6. The molecular weight excluding hydrogens is 200 g/mol. The van der Waals surface area contributed by atoms with Crippen molar-refractivity contribution in [3.63, 3.8) is 0 Å². The van der Waals surface area contributed by atoms with E-state index in [1.807, 2.05) is 21.1 Å². The molecule has 0 fully saturated rings. The highest BCUT2D eigenvalue weighted by Gasteiger charge is 2.07. The van der Waals surface area contributed by atoms with Gasteiger partial charge in [-0.2, -0.15) is 0 Å². The fourth-order valence-corrected chi connectivity index (χ4v) is 1.29. The monoisotopic (exact) mass is 220 g/mol. The largest absolute Gasteiger partial charge is 0.346 e. The molecule has 0 aromatic heterocycles. The Morgan fingerprint density at radius 2 is 1.79 bits per heavy atom. The lowest BCUT2D eigenvalue weighted by molar-refractivity contribution is -0.130. The fraction of sp³-hybridized carbons (Fsp3) is 0.900. The predicted octanol–water partition coefficient (Wildman–Crippen LogP) is 1.42. The molecule has 1 amide bonds. The minimum atomic E-state index is 0.199. The number of alkyl halides is 1. The second kappa shape index (κ2) is 8.06. The second-order valence-electron chi connectivity index (χ2n) is 3.76. The molecule has 0 atom stereocenters. The molecule has 0 rings (SSSR count). The van der Waals surface area contributed by atoms with Crippen molar-refractivity contribution < 1.29 is 4.79 Å². The number of nitrogens with zero attached hydrogens (tertiary/aromatic N) is 2. The molecule has 14 heavy (non-hydrogen) atoms. The van der Waals surface area contributed by atoms with Crippen LogP contribution in [0.4, 0.5) is 0 Å². The van der Waals surface area contributed by atoms with Gasteiger partial charge in [0.25, 0.3) is 0 Å². The molecule has 0 unspecified atom stereocenters. The highest BCUT2D eigenvalue weighted by atomic mass is 35.5. The van der Waals surface area contributed by atoms with Crippen LogP contribution in [-0.4, -0.2) is 55.8 Å². The van der Waals surface area contributed by atoms with E-state index in [4.69, 9.17) is 11.6 Å². The van der Waals surface area contributed by atoms with Crippen LogP contribution >= 0.6 is 11.6 Å². The van der Waals surface area contributed by atoms with Crippen LogP contribution in [0.25, 0.3) is 0 Å². The third kappa shape index (κ3) is 7.15. The fourth-order valence-electron chi connectivity index (χ4n) is 1.16. The first-order valence-corrected chi connectivity index (χ1v) is 5.56. The summed E-state index contributed by atoms with van der Waals surface area (Å²) in [6, 6.07) is 0. The maximum absolute atomic E-state index is 11.4. The number of rotatable bonds is 7. The molecule has 0 saturated heterocycles. The van der Waals surface area contributed by atoms with Gasteiger partial charge in [0.2, 0.25) is 5.91 Å². The van der Waals surface area contributed by atoms with Crippen molar-refractivity contribution in [1.29, 1.82) is 0 Å². The van der Waals surface area contributed by atoms with Gasteiger partial charge < -0.3 is 9.80 Å². The molecule has 0 aliphatic heterocycles. The molecule has 0 aliphatic rings. The number of hydrogen-bond acceptors (Lipinski definition) is 2. The lowest BCUT2D eigenvalue weighted by Gasteiger charge is -2.18. The number of hydrogen-bond donors (Lipinski definition) is 0. The van der Waals surface area contributed by atoms with Gasteiger partial charge in [-0.25, -0.2) is 0 Å². The van der Waals surface area contributed by atoms with Crippen molar-refractivity contribution in [3.05, 3.63) is 0 Å². The average molecular weight is 221 g/mol. The van der Waals surface area contributed by atoms with Crippen LogP contribution in [0.2, 0.25) is 0 Å². The van der Waals surface area contributed by atoms with Gasteiger partial charge in [-0.15, -0.1) is 11.6 Å². The summed E-state index contributed by atoms with van der Waals surface area (Å²) in [4.78, 5) is 15.3. The third-order valence-electron chi connectivity index (χ3n) is 2.05. The van der Waals surface area contributed by atoms with E-state index in [9.17, 15) is 4.79 Å². The zero-order valence-electron chi connectivity index (χ0n) is 9.42. The van der Waals surface area contributed by atoms with Gasteiger partial charge in [-0.3, -0.25) is 4.79 Å². The smallest absolute Gasteiger partial charge is 0.222 e. The summed E-state index contributed by atoms with van der Waals surface area (Å²) in [5.41, 5.74) is 0. The van der Waals surface area contributed by atoms with Gasteiger partial charge in [0.05, 0.1) is 0 Å². The van der Waals surface area contributed by atoms with E-state index in [0.29, 0.717) is 12.3 Å². The minimum Gasteiger partial charge on any atom is -0.346 e. The zero-order chi connectivity index (χ0) is 11.0. The zero-order valence-corrected chi connectivity index (χ0v) is 10.2. The topological polar surface area (TPSA) is 23.6 Å². The summed E-state index contributed by atoms with van der Waals surface area (Å²) >= 11 is 5.52. The summed E-state index contributed by atoms with van der Waals surface area (Å²) in [5.74, 6) is 0.765. The van der Waals surface area contributed by atoms with Crippen molar-refractivity contribution in [2.24, 2.45) is 0 Å². The quantitative estimate of drug-likeness (QED) is 0.606. The predicted molar refractivity (Wildman–Crippen MR) is 60.8 cm³/mol. The number of carbonyl (C=O) groups excluding carboxylic acids is 1. The summed E-state index contributed by atoms with van der Waals surface area (Å²) in [6.07, 6.45) is 2.37. The van der Waals surface area contributed by atoms with Crippen LogP contribution in [0.1, 0.15) is 19.3 Å². The number of amides is 1. The van der Waals surface area contributed by atoms with E-state index in [1.54, 1.807) is 4.90 Å². The molecule has 0 saturated carbocycles.